The van der Waals surface area contributed by atoms with Crippen LogP contribution in [0, 0.1) is 0 Å². The van der Waals surface area contributed by atoms with Crippen molar-refractivity contribution in [1.82, 2.24) is 9.97 Å². The molecule has 1 aliphatic heterocycles. The van der Waals surface area contributed by atoms with Gasteiger partial charge in [-0.1, -0.05) is 11.8 Å². The van der Waals surface area contributed by atoms with Gasteiger partial charge in [-0.25, -0.2) is 9.97 Å². The number of aromatic nitrogens is 2. The van der Waals surface area contributed by atoms with E-state index in [2.05, 4.69) is 24.8 Å². The van der Waals surface area contributed by atoms with Crippen molar-refractivity contribution in [3.05, 3.63) is 36.0 Å². The highest BCUT2D eigenvalue weighted by molar-refractivity contribution is 8.00. The van der Waals surface area contributed by atoms with Crippen molar-refractivity contribution in [2.24, 2.45) is 0 Å². The number of benzene rings is 1. The van der Waals surface area contributed by atoms with Gasteiger partial charge >= 0.3 is 6.29 Å². The zero-order chi connectivity index (χ0) is 17.4. The molecule has 0 fully saturated rings. The first-order valence-electron chi connectivity index (χ1n) is 7.01. The number of fused-ring (bicyclic) bond motifs is 2. The fraction of sp³-hybridized carbons (Fsp3) is 0.133. The number of amides is 1. The molecule has 1 N–H and O–H groups in total. The molecule has 6 nitrogen and oxygen atoms in total. The number of alkyl halides is 2. The number of carbonyl (C=O) groups is 1. The predicted octanol–water partition coefficient (Wildman–Crippen LogP) is 3.74. The highest BCUT2D eigenvalue weighted by Crippen LogP contribution is 2.42. The number of nitrogens with one attached hydrogen (secondary N) is 1. The summed E-state index contributed by atoms with van der Waals surface area (Å²) in [6.07, 6.45) is -2.23. The summed E-state index contributed by atoms with van der Waals surface area (Å²) < 4.78 is 35.6. The first-order chi connectivity index (χ1) is 12.0. The molecular formula is C15H9F2N3O3S2. The van der Waals surface area contributed by atoms with Gasteiger partial charge < -0.3 is 14.8 Å². The predicted molar refractivity (Wildman–Crippen MR) is 89.4 cm³/mol. The fourth-order valence-corrected chi connectivity index (χ4v) is 3.97. The van der Waals surface area contributed by atoms with Gasteiger partial charge in [-0.2, -0.15) is 0 Å². The van der Waals surface area contributed by atoms with Crippen LogP contribution in [0.2, 0.25) is 0 Å². The number of hydrogen-bond acceptors (Lipinski definition) is 7. The van der Waals surface area contributed by atoms with E-state index < -0.39 is 6.29 Å². The second-order valence-electron chi connectivity index (χ2n) is 4.98. The van der Waals surface area contributed by atoms with Gasteiger partial charge in [-0.3, -0.25) is 4.79 Å². The average molecular weight is 381 g/mol. The van der Waals surface area contributed by atoms with Crippen LogP contribution in [-0.4, -0.2) is 27.9 Å². The Balaban J connectivity index is 1.41. The van der Waals surface area contributed by atoms with Gasteiger partial charge in [0, 0.05) is 11.8 Å². The molecule has 1 amide bonds. The van der Waals surface area contributed by atoms with Crippen molar-refractivity contribution < 1.29 is 23.0 Å². The van der Waals surface area contributed by atoms with Crippen LogP contribution < -0.4 is 14.8 Å². The number of ether oxygens (including phenoxy) is 2. The summed E-state index contributed by atoms with van der Waals surface area (Å²) in [5, 5.41) is 5.26. The fourth-order valence-electron chi connectivity index (χ4n) is 2.23. The van der Waals surface area contributed by atoms with E-state index >= 15 is 0 Å². The Morgan fingerprint density at radius 3 is 2.96 bits per heavy atom. The monoisotopic (exact) mass is 381 g/mol. The number of nitrogens with zero attached hydrogens (tertiary/aromatic N) is 2. The second-order valence-corrected chi connectivity index (χ2v) is 6.86. The molecule has 0 spiro atoms. The number of hydrogen-bond donors (Lipinski definition) is 1. The maximum Gasteiger partial charge on any atom is 0.586 e. The van der Waals surface area contributed by atoms with E-state index in [1.807, 2.05) is 11.4 Å². The summed E-state index contributed by atoms with van der Waals surface area (Å²) in [4.78, 5) is 20.4. The number of thiophene rings is 1. The summed E-state index contributed by atoms with van der Waals surface area (Å²) in [5.74, 6) is -0.363. The standard InChI is InChI=1S/C15H9F2N3O3S2/c16-15(17)22-10-2-1-8(5-11(10)23-15)20-12(21)6-25-14-13-9(3-4-24-13)18-7-19-14/h1-5,7H,6H2,(H,20,21). The Hall–Kier alpha value is -2.46. The lowest BCUT2D eigenvalue weighted by atomic mass is 10.3. The SMILES string of the molecule is O=C(CSc1ncnc2ccsc12)Nc1ccc2c(c1)OC(F)(F)O2. The van der Waals surface area contributed by atoms with E-state index in [1.165, 1.54) is 47.6 Å². The summed E-state index contributed by atoms with van der Waals surface area (Å²) >= 11 is 2.78. The van der Waals surface area contributed by atoms with E-state index in [4.69, 9.17) is 0 Å². The molecule has 0 saturated carbocycles. The van der Waals surface area contributed by atoms with Crippen molar-refractivity contribution in [1.29, 1.82) is 0 Å². The van der Waals surface area contributed by atoms with E-state index in [0.717, 1.165) is 15.2 Å². The molecule has 3 aromatic rings. The summed E-state index contributed by atoms with van der Waals surface area (Å²) in [5.41, 5.74) is 1.18. The summed E-state index contributed by atoms with van der Waals surface area (Å²) in [7, 11) is 0. The van der Waals surface area contributed by atoms with Gasteiger partial charge in [0.05, 0.1) is 16.0 Å². The number of anilines is 1. The Morgan fingerprint density at radius 2 is 2.08 bits per heavy atom. The molecule has 0 radical (unpaired) electrons. The molecule has 4 rings (SSSR count). The molecule has 0 aliphatic carbocycles. The molecule has 0 unspecified atom stereocenters. The first kappa shape index (κ1) is 16.0. The third-order valence-corrected chi connectivity index (χ3v) is 5.26. The van der Waals surface area contributed by atoms with Crippen LogP contribution in [0.4, 0.5) is 14.5 Å². The largest absolute Gasteiger partial charge is 0.586 e. The molecule has 0 atom stereocenters. The van der Waals surface area contributed by atoms with E-state index in [0.29, 0.717) is 5.69 Å². The minimum Gasteiger partial charge on any atom is -0.395 e. The summed E-state index contributed by atoms with van der Waals surface area (Å²) in [6, 6.07) is 5.96. The lowest BCUT2D eigenvalue weighted by Crippen LogP contribution is -2.25. The third-order valence-electron chi connectivity index (χ3n) is 3.24. The smallest absolute Gasteiger partial charge is 0.395 e. The van der Waals surface area contributed by atoms with Crippen molar-refractivity contribution in [3.8, 4) is 11.5 Å². The topological polar surface area (TPSA) is 73.3 Å². The van der Waals surface area contributed by atoms with Crippen LogP contribution in [0.25, 0.3) is 10.2 Å². The molecule has 10 heteroatoms. The van der Waals surface area contributed by atoms with E-state index in [9.17, 15) is 13.6 Å². The lowest BCUT2D eigenvalue weighted by molar-refractivity contribution is -0.286. The Kier molecular flexibility index (Phi) is 3.92. The number of thioether (sulfide) groups is 1. The van der Waals surface area contributed by atoms with Gasteiger partial charge in [-0.15, -0.1) is 20.1 Å². The van der Waals surface area contributed by atoms with Gasteiger partial charge in [-0.05, 0) is 23.6 Å². The highest BCUT2D eigenvalue weighted by Gasteiger charge is 2.43. The molecule has 0 bridgehead atoms. The second kappa shape index (κ2) is 6.12. The molecule has 128 valence electrons. The van der Waals surface area contributed by atoms with Crippen LogP contribution in [0.1, 0.15) is 0 Å². The Labute approximate surface area is 148 Å². The van der Waals surface area contributed by atoms with Gasteiger partial charge in [0.1, 0.15) is 11.4 Å². The molecule has 25 heavy (non-hydrogen) atoms. The van der Waals surface area contributed by atoms with Gasteiger partial charge in [0.15, 0.2) is 11.5 Å². The molecule has 1 aromatic carbocycles. The van der Waals surface area contributed by atoms with Crippen LogP contribution >= 0.6 is 23.1 Å². The first-order valence-corrected chi connectivity index (χ1v) is 8.87. The Bertz CT molecular complexity index is 964. The number of carbonyl (C=O) groups excluding carboxylic acids is 1. The maximum atomic E-state index is 13.0. The van der Waals surface area contributed by atoms with Crippen LogP contribution in [0.15, 0.2) is 41.0 Å². The van der Waals surface area contributed by atoms with Crippen molar-refractivity contribution >= 4 is 44.9 Å². The minimum absolute atomic E-state index is 0.0709. The van der Waals surface area contributed by atoms with Gasteiger partial charge in [0.25, 0.3) is 0 Å². The minimum atomic E-state index is -3.68. The van der Waals surface area contributed by atoms with Crippen LogP contribution in [0.5, 0.6) is 11.5 Å². The van der Waals surface area contributed by atoms with E-state index in [1.54, 1.807) is 0 Å². The number of halogens is 2. The maximum absolute atomic E-state index is 13.0. The van der Waals surface area contributed by atoms with E-state index in [-0.39, 0.29) is 23.2 Å². The molecule has 3 heterocycles. The number of rotatable bonds is 4. The lowest BCUT2D eigenvalue weighted by Gasteiger charge is -2.06. The third kappa shape index (κ3) is 3.35. The average Bonchev–Trinajstić information content (AvgIpc) is 3.15. The zero-order valence-corrected chi connectivity index (χ0v) is 14.0. The van der Waals surface area contributed by atoms with Crippen molar-refractivity contribution in [3.63, 3.8) is 0 Å². The van der Waals surface area contributed by atoms with Crippen molar-refractivity contribution in [2.75, 3.05) is 11.1 Å². The molecular weight excluding hydrogens is 372 g/mol. The normalized spacial score (nSPS) is 14.6. The Morgan fingerprint density at radius 1 is 1.24 bits per heavy atom. The quantitative estimate of drug-likeness (QED) is 0.548. The molecule has 0 saturated heterocycles. The zero-order valence-electron chi connectivity index (χ0n) is 12.4. The van der Waals surface area contributed by atoms with Gasteiger partial charge in [0.2, 0.25) is 5.91 Å². The molecule has 2 aromatic heterocycles. The van der Waals surface area contributed by atoms with Crippen LogP contribution in [-0.2, 0) is 4.79 Å². The van der Waals surface area contributed by atoms with Crippen molar-refractivity contribution in [2.45, 2.75) is 11.3 Å². The van der Waals surface area contributed by atoms with Crippen LogP contribution in [0.3, 0.4) is 0 Å². The summed E-state index contributed by atoms with van der Waals surface area (Å²) in [6.45, 7) is 0. The highest BCUT2D eigenvalue weighted by atomic mass is 32.2. The molecule has 1 aliphatic rings.